The number of aliphatic hydroxyl groups is 1. The van der Waals surface area contributed by atoms with E-state index in [4.69, 9.17) is 16.3 Å². The maximum absolute atomic E-state index is 14.0. The summed E-state index contributed by atoms with van der Waals surface area (Å²) in [5, 5.41) is 15.9. The monoisotopic (exact) mass is 539 g/mol. The normalized spacial score (nSPS) is 31.4. The summed E-state index contributed by atoms with van der Waals surface area (Å²) in [5.74, 6) is -2.57. The van der Waals surface area contributed by atoms with Gasteiger partial charge in [0.1, 0.15) is 11.6 Å². The van der Waals surface area contributed by atoms with Crippen LogP contribution in [0.1, 0.15) is 37.8 Å². The standard InChI is InChI=1S/C29H34ClN3O5/c1-17-9-7-12-20(30)23(17)32-26(36)24-29-15-18(2)28(3,38-29)21(22(29)27(37)33(24)13-8-14-34)25(35)31-16-19-10-5-4-6-11-19/h4-7,9-12,18,21-22,24,34H,8,13-16H2,1-3H3,(H,31,35)(H,32,36)/t18?,21-,22+,24?,28+,29?/m1/s1. The summed E-state index contributed by atoms with van der Waals surface area (Å²) in [6, 6.07) is 14.0. The van der Waals surface area contributed by atoms with Crippen LogP contribution in [-0.2, 0) is 25.7 Å². The van der Waals surface area contributed by atoms with Gasteiger partial charge in [-0.1, -0.05) is 61.0 Å². The second kappa shape index (κ2) is 9.98. The Bertz CT molecular complexity index is 1240. The molecule has 3 saturated heterocycles. The Morgan fingerprint density at radius 1 is 1.16 bits per heavy atom. The van der Waals surface area contributed by atoms with Crippen LogP contribution < -0.4 is 10.6 Å². The summed E-state index contributed by atoms with van der Waals surface area (Å²) < 4.78 is 6.70. The van der Waals surface area contributed by atoms with Crippen molar-refractivity contribution in [3.8, 4) is 0 Å². The molecule has 2 aromatic rings. The molecule has 6 atom stereocenters. The van der Waals surface area contributed by atoms with E-state index in [2.05, 4.69) is 10.6 Å². The first kappa shape index (κ1) is 26.7. The van der Waals surface area contributed by atoms with Gasteiger partial charge in [0, 0.05) is 19.7 Å². The molecule has 3 unspecified atom stereocenters. The fourth-order valence-electron chi connectivity index (χ4n) is 6.80. The van der Waals surface area contributed by atoms with Gasteiger partial charge in [-0.3, -0.25) is 14.4 Å². The minimum Gasteiger partial charge on any atom is -0.396 e. The molecule has 3 aliphatic rings. The molecule has 0 aromatic heterocycles. The first-order chi connectivity index (χ1) is 18.1. The van der Waals surface area contributed by atoms with Crippen molar-refractivity contribution in [2.75, 3.05) is 18.5 Å². The van der Waals surface area contributed by atoms with Crippen LogP contribution in [0.15, 0.2) is 48.5 Å². The van der Waals surface area contributed by atoms with Crippen molar-refractivity contribution in [3.05, 3.63) is 64.7 Å². The number of aliphatic hydroxyl groups excluding tert-OH is 1. The highest BCUT2D eigenvalue weighted by Gasteiger charge is 2.79. The van der Waals surface area contributed by atoms with Crippen LogP contribution in [0.4, 0.5) is 5.69 Å². The fraction of sp³-hybridized carbons (Fsp3) is 0.483. The van der Waals surface area contributed by atoms with Gasteiger partial charge >= 0.3 is 0 Å². The Hall–Kier alpha value is -2.94. The number of hydrogen-bond acceptors (Lipinski definition) is 5. The zero-order valence-corrected chi connectivity index (χ0v) is 22.6. The summed E-state index contributed by atoms with van der Waals surface area (Å²) in [5.41, 5.74) is 0.170. The second-order valence-corrected chi connectivity index (χ2v) is 11.3. The quantitative estimate of drug-likeness (QED) is 0.477. The summed E-state index contributed by atoms with van der Waals surface area (Å²) in [4.78, 5) is 43.1. The van der Waals surface area contributed by atoms with E-state index < -0.39 is 35.0 Å². The molecule has 38 heavy (non-hydrogen) atoms. The van der Waals surface area contributed by atoms with Gasteiger partial charge in [0.2, 0.25) is 17.7 Å². The smallest absolute Gasteiger partial charge is 0.250 e. The van der Waals surface area contributed by atoms with Crippen molar-refractivity contribution in [1.29, 1.82) is 0 Å². The summed E-state index contributed by atoms with van der Waals surface area (Å²) in [6.07, 6.45) is 0.777. The molecule has 0 saturated carbocycles. The van der Waals surface area contributed by atoms with Gasteiger partial charge in [-0.25, -0.2) is 0 Å². The SMILES string of the molecule is Cc1cccc(Cl)c1NC(=O)C1N(CCCO)C(=O)[C@@H]2[C@H](C(=O)NCc3ccccc3)[C@@]3(C)OC12CC3C. The number of nitrogens with zero attached hydrogens (tertiary/aromatic N) is 1. The van der Waals surface area contributed by atoms with Gasteiger partial charge in [0.25, 0.3) is 0 Å². The summed E-state index contributed by atoms with van der Waals surface area (Å²) in [7, 11) is 0. The highest BCUT2D eigenvalue weighted by Crippen LogP contribution is 2.65. The molecule has 202 valence electrons. The molecule has 3 fully saturated rings. The van der Waals surface area contributed by atoms with E-state index in [0.717, 1.165) is 11.1 Å². The molecular formula is C29H34ClN3O5. The van der Waals surface area contributed by atoms with E-state index in [0.29, 0.717) is 30.1 Å². The Kier molecular flexibility index (Phi) is 7.00. The molecule has 5 rings (SSSR count). The lowest BCUT2D eigenvalue weighted by atomic mass is 9.62. The Morgan fingerprint density at radius 3 is 2.58 bits per heavy atom. The second-order valence-electron chi connectivity index (χ2n) is 10.9. The maximum Gasteiger partial charge on any atom is 0.250 e. The van der Waals surface area contributed by atoms with Gasteiger partial charge in [0.15, 0.2) is 0 Å². The van der Waals surface area contributed by atoms with Crippen molar-refractivity contribution in [2.24, 2.45) is 17.8 Å². The average molecular weight is 540 g/mol. The summed E-state index contributed by atoms with van der Waals surface area (Å²) >= 11 is 6.40. The minimum atomic E-state index is -1.16. The number of likely N-dealkylation sites (tertiary alicyclic amines) is 1. The lowest BCUT2D eigenvalue weighted by molar-refractivity contribution is -0.146. The predicted molar refractivity (Wildman–Crippen MR) is 143 cm³/mol. The van der Waals surface area contributed by atoms with E-state index in [1.807, 2.05) is 57.2 Å². The van der Waals surface area contributed by atoms with Crippen molar-refractivity contribution >= 4 is 35.0 Å². The number of carbonyl (C=O) groups is 3. The van der Waals surface area contributed by atoms with Crippen LogP contribution in [0.5, 0.6) is 0 Å². The Balaban J connectivity index is 1.50. The van der Waals surface area contributed by atoms with Gasteiger partial charge < -0.3 is 25.4 Å². The van der Waals surface area contributed by atoms with Gasteiger partial charge in [-0.05, 0) is 49.8 Å². The number of para-hydroxylation sites is 1. The molecule has 9 heteroatoms. The first-order valence-corrected chi connectivity index (χ1v) is 13.5. The third kappa shape index (κ3) is 4.10. The average Bonchev–Trinajstić information content (AvgIpc) is 3.40. The Morgan fingerprint density at radius 2 is 1.89 bits per heavy atom. The number of anilines is 1. The molecule has 2 bridgehead atoms. The number of carbonyl (C=O) groups excluding carboxylic acids is 3. The van der Waals surface area contributed by atoms with Crippen LogP contribution in [-0.4, -0.2) is 58.1 Å². The molecule has 1 spiro atoms. The van der Waals surface area contributed by atoms with Crippen molar-refractivity contribution in [2.45, 2.75) is 57.4 Å². The van der Waals surface area contributed by atoms with E-state index in [-0.39, 0.29) is 30.9 Å². The zero-order chi connectivity index (χ0) is 27.2. The maximum atomic E-state index is 14.0. The van der Waals surface area contributed by atoms with Crippen LogP contribution in [0.2, 0.25) is 5.02 Å². The van der Waals surface area contributed by atoms with Gasteiger partial charge in [-0.2, -0.15) is 0 Å². The number of aryl methyl sites for hydroxylation is 1. The third-order valence-corrected chi connectivity index (χ3v) is 9.00. The third-order valence-electron chi connectivity index (χ3n) is 8.68. The number of halogens is 1. The number of benzene rings is 2. The predicted octanol–water partition coefficient (Wildman–Crippen LogP) is 3.30. The van der Waals surface area contributed by atoms with Crippen molar-refractivity contribution in [1.82, 2.24) is 10.2 Å². The van der Waals surface area contributed by atoms with E-state index in [9.17, 15) is 19.5 Å². The Labute approximate surface area is 227 Å². The molecule has 3 heterocycles. The number of hydrogen-bond donors (Lipinski definition) is 3. The van der Waals surface area contributed by atoms with Crippen LogP contribution in [0.3, 0.4) is 0 Å². The molecule has 0 radical (unpaired) electrons. The zero-order valence-electron chi connectivity index (χ0n) is 21.9. The van der Waals surface area contributed by atoms with E-state index >= 15 is 0 Å². The highest BCUT2D eigenvalue weighted by molar-refractivity contribution is 6.34. The molecule has 2 aromatic carbocycles. The molecule has 0 aliphatic carbocycles. The number of ether oxygens (including phenoxy) is 1. The van der Waals surface area contributed by atoms with E-state index in [1.165, 1.54) is 4.90 Å². The molecule has 3 N–H and O–H groups in total. The van der Waals surface area contributed by atoms with Gasteiger partial charge in [0.05, 0.1) is 28.1 Å². The highest BCUT2D eigenvalue weighted by atomic mass is 35.5. The number of nitrogens with one attached hydrogen (secondary N) is 2. The van der Waals surface area contributed by atoms with E-state index in [1.54, 1.807) is 12.1 Å². The molecule has 3 amide bonds. The van der Waals surface area contributed by atoms with Crippen LogP contribution in [0.25, 0.3) is 0 Å². The lowest BCUT2D eigenvalue weighted by Gasteiger charge is -2.36. The minimum absolute atomic E-state index is 0.0610. The van der Waals surface area contributed by atoms with Crippen molar-refractivity contribution in [3.63, 3.8) is 0 Å². The molecule has 8 nitrogen and oxygen atoms in total. The van der Waals surface area contributed by atoms with Crippen molar-refractivity contribution < 1.29 is 24.2 Å². The molecule has 3 aliphatic heterocycles. The molecular weight excluding hydrogens is 506 g/mol. The summed E-state index contributed by atoms with van der Waals surface area (Å²) in [6.45, 7) is 6.13. The van der Waals surface area contributed by atoms with Gasteiger partial charge in [-0.15, -0.1) is 0 Å². The topological polar surface area (TPSA) is 108 Å². The van der Waals surface area contributed by atoms with Crippen LogP contribution >= 0.6 is 11.6 Å². The lowest BCUT2D eigenvalue weighted by Crippen LogP contribution is -2.54. The first-order valence-electron chi connectivity index (χ1n) is 13.1. The van der Waals surface area contributed by atoms with Crippen LogP contribution in [0, 0.1) is 24.7 Å². The number of fused-ring (bicyclic) bond motifs is 1. The number of amides is 3. The largest absolute Gasteiger partial charge is 0.396 e. The fourth-order valence-corrected chi connectivity index (χ4v) is 7.07. The number of rotatable bonds is 8.